The molecule has 2 heterocycles. The van der Waals surface area contributed by atoms with Gasteiger partial charge in [-0.2, -0.15) is 0 Å². The van der Waals surface area contributed by atoms with Gasteiger partial charge in [0.1, 0.15) is 0 Å². The Hall–Kier alpha value is -2.09. The van der Waals surface area contributed by atoms with E-state index in [1.165, 1.54) is 10.8 Å². The normalized spacial score (nSPS) is 10.9. The highest BCUT2D eigenvalue weighted by molar-refractivity contribution is 5.94. The Morgan fingerprint density at radius 2 is 1.82 bits per heavy atom. The molecule has 3 aromatic rings. The molecule has 0 atom stereocenters. The van der Waals surface area contributed by atoms with Crippen molar-refractivity contribution in [1.82, 2.24) is 9.97 Å². The van der Waals surface area contributed by atoms with Gasteiger partial charge in [-0.05, 0) is 37.4 Å². The van der Waals surface area contributed by atoms with E-state index < -0.39 is 0 Å². The molecule has 0 unspecified atom stereocenters. The van der Waals surface area contributed by atoms with Gasteiger partial charge in [-0.25, -0.2) is 0 Å². The zero-order chi connectivity index (χ0) is 11.8. The summed E-state index contributed by atoms with van der Waals surface area (Å²) in [6.07, 6.45) is 0. The average Bonchev–Trinajstić information content (AvgIpc) is 2.74. The number of hydrogen-bond acceptors (Lipinski definition) is 1. The van der Waals surface area contributed by atoms with Crippen molar-refractivity contribution >= 4 is 10.8 Å². The van der Waals surface area contributed by atoms with Gasteiger partial charge in [-0.1, -0.05) is 24.3 Å². The smallest absolute Gasteiger partial charge is 0.0945 e. The number of H-pyrrole nitrogens is 1. The van der Waals surface area contributed by atoms with Crippen LogP contribution in [0, 0.1) is 13.8 Å². The Morgan fingerprint density at radius 3 is 2.59 bits per heavy atom. The molecule has 2 aromatic heterocycles. The highest BCUT2D eigenvalue weighted by Crippen LogP contribution is 2.26. The summed E-state index contributed by atoms with van der Waals surface area (Å²) in [5.41, 5.74) is 4.33. The minimum absolute atomic E-state index is 1.04. The molecule has 0 bridgehead atoms. The zero-order valence-electron chi connectivity index (χ0n) is 9.99. The van der Waals surface area contributed by atoms with Crippen LogP contribution in [0.2, 0.25) is 0 Å². The van der Waals surface area contributed by atoms with Crippen molar-refractivity contribution in [3.63, 3.8) is 0 Å². The maximum Gasteiger partial charge on any atom is 0.0945 e. The standard InChI is InChI=1S/C15H14N2/c1-10-7-8-14(16-10)15-13-6-4-3-5-12(13)9-11(2)17-15/h3-9,16H,1-2H3. The molecule has 0 aliphatic heterocycles. The molecule has 0 aliphatic carbocycles. The van der Waals surface area contributed by atoms with Gasteiger partial charge in [0.05, 0.1) is 11.4 Å². The minimum Gasteiger partial charge on any atom is -0.357 e. The molecule has 0 saturated carbocycles. The van der Waals surface area contributed by atoms with E-state index in [4.69, 9.17) is 0 Å². The van der Waals surface area contributed by atoms with Gasteiger partial charge < -0.3 is 4.98 Å². The van der Waals surface area contributed by atoms with Crippen LogP contribution in [0.25, 0.3) is 22.2 Å². The van der Waals surface area contributed by atoms with Gasteiger partial charge in [0.25, 0.3) is 0 Å². The average molecular weight is 222 g/mol. The molecule has 0 aliphatic rings. The van der Waals surface area contributed by atoms with Crippen molar-refractivity contribution < 1.29 is 0 Å². The lowest BCUT2D eigenvalue weighted by atomic mass is 10.1. The first kappa shape index (κ1) is 10.1. The van der Waals surface area contributed by atoms with Crippen LogP contribution in [0.3, 0.4) is 0 Å². The van der Waals surface area contributed by atoms with Crippen LogP contribution in [0.4, 0.5) is 0 Å². The van der Waals surface area contributed by atoms with Crippen molar-refractivity contribution in [3.05, 3.63) is 53.9 Å². The molecule has 17 heavy (non-hydrogen) atoms. The molecule has 0 amide bonds. The monoisotopic (exact) mass is 222 g/mol. The Kier molecular flexibility index (Phi) is 2.22. The highest BCUT2D eigenvalue weighted by atomic mass is 14.8. The topological polar surface area (TPSA) is 28.7 Å². The van der Waals surface area contributed by atoms with Crippen LogP contribution < -0.4 is 0 Å². The van der Waals surface area contributed by atoms with E-state index in [1.807, 2.05) is 6.92 Å². The van der Waals surface area contributed by atoms with E-state index in [9.17, 15) is 0 Å². The zero-order valence-corrected chi connectivity index (χ0v) is 9.99. The quantitative estimate of drug-likeness (QED) is 0.665. The number of rotatable bonds is 1. The first-order valence-electron chi connectivity index (χ1n) is 5.76. The van der Waals surface area contributed by atoms with E-state index in [2.05, 4.69) is 59.4 Å². The molecular formula is C15H14N2. The number of aryl methyl sites for hydroxylation is 2. The third-order valence-electron chi connectivity index (χ3n) is 2.96. The summed E-state index contributed by atoms with van der Waals surface area (Å²) in [4.78, 5) is 8.00. The molecule has 2 heteroatoms. The van der Waals surface area contributed by atoms with Gasteiger partial charge in [0, 0.05) is 16.8 Å². The molecule has 0 spiro atoms. The summed E-state index contributed by atoms with van der Waals surface area (Å²) in [5.74, 6) is 0. The van der Waals surface area contributed by atoms with Gasteiger partial charge in [-0.15, -0.1) is 0 Å². The summed E-state index contributed by atoms with van der Waals surface area (Å²) in [7, 11) is 0. The highest BCUT2D eigenvalue weighted by Gasteiger charge is 2.07. The summed E-state index contributed by atoms with van der Waals surface area (Å²) in [5, 5.41) is 2.43. The Balaban J connectivity index is 2.35. The number of benzene rings is 1. The fourth-order valence-electron chi connectivity index (χ4n) is 2.18. The third-order valence-corrected chi connectivity index (χ3v) is 2.96. The van der Waals surface area contributed by atoms with E-state index >= 15 is 0 Å². The number of nitrogens with zero attached hydrogens (tertiary/aromatic N) is 1. The van der Waals surface area contributed by atoms with Crippen LogP contribution in [0.5, 0.6) is 0 Å². The Labute approximate surface area is 100 Å². The lowest BCUT2D eigenvalue weighted by Gasteiger charge is -2.05. The molecule has 3 rings (SSSR count). The summed E-state index contributed by atoms with van der Waals surface area (Å²) in [6, 6.07) is 14.6. The van der Waals surface area contributed by atoms with Crippen molar-refractivity contribution in [2.24, 2.45) is 0 Å². The Morgan fingerprint density at radius 1 is 1.00 bits per heavy atom. The van der Waals surface area contributed by atoms with Gasteiger partial charge >= 0.3 is 0 Å². The fraction of sp³-hybridized carbons (Fsp3) is 0.133. The van der Waals surface area contributed by atoms with Crippen LogP contribution in [0.1, 0.15) is 11.4 Å². The first-order chi connectivity index (χ1) is 8.24. The fourth-order valence-corrected chi connectivity index (χ4v) is 2.18. The lowest BCUT2D eigenvalue weighted by Crippen LogP contribution is -1.90. The van der Waals surface area contributed by atoms with E-state index in [1.54, 1.807) is 0 Å². The third kappa shape index (κ3) is 1.72. The number of fused-ring (bicyclic) bond motifs is 1. The number of pyridine rings is 1. The van der Waals surface area contributed by atoms with Crippen LogP contribution in [-0.4, -0.2) is 9.97 Å². The number of nitrogens with one attached hydrogen (secondary N) is 1. The Bertz CT molecular complexity index is 680. The summed E-state index contributed by atoms with van der Waals surface area (Å²) < 4.78 is 0. The molecule has 0 fully saturated rings. The van der Waals surface area contributed by atoms with Gasteiger partial charge in [0.15, 0.2) is 0 Å². The first-order valence-corrected chi connectivity index (χ1v) is 5.76. The van der Waals surface area contributed by atoms with E-state index in [0.717, 1.165) is 22.8 Å². The van der Waals surface area contributed by atoms with E-state index in [0.29, 0.717) is 0 Å². The number of aromatic amines is 1. The molecule has 2 nitrogen and oxygen atoms in total. The molecular weight excluding hydrogens is 208 g/mol. The molecule has 1 aromatic carbocycles. The van der Waals surface area contributed by atoms with Crippen molar-refractivity contribution in [1.29, 1.82) is 0 Å². The number of aromatic nitrogens is 2. The van der Waals surface area contributed by atoms with Crippen LogP contribution in [-0.2, 0) is 0 Å². The lowest BCUT2D eigenvalue weighted by molar-refractivity contribution is 1.19. The SMILES string of the molecule is Cc1cc2ccccc2c(-c2ccc(C)[nH]2)n1. The predicted molar refractivity (Wildman–Crippen MR) is 71.0 cm³/mol. The van der Waals surface area contributed by atoms with Crippen molar-refractivity contribution in [3.8, 4) is 11.4 Å². The van der Waals surface area contributed by atoms with Crippen LogP contribution >= 0.6 is 0 Å². The summed E-state index contributed by atoms with van der Waals surface area (Å²) in [6.45, 7) is 4.09. The molecule has 84 valence electrons. The second-order valence-electron chi connectivity index (χ2n) is 4.39. The van der Waals surface area contributed by atoms with Gasteiger partial charge in [-0.3, -0.25) is 4.98 Å². The maximum absolute atomic E-state index is 4.65. The maximum atomic E-state index is 4.65. The van der Waals surface area contributed by atoms with Crippen LogP contribution in [0.15, 0.2) is 42.5 Å². The predicted octanol–water partition coefficient (Wildman–Crippen LogP) is 3.85. The van der Waals surface area contributed by atoms with Crippen molar-refractivity contribution in [2.45, 2.75) is 13.8 Å². The molecule has 0 radical (unpaired) electrons. The second-order valence-corrected chi connectivity index (χ2v) is 4.39. The largest absolute Gasteiger partial charge is 0.357 e. The molecule has 0 saturated heterocycles. The second kappa shape index (κ2) is 3.74. The number of hydrogen-bond donors (Lipinski definition) is 1. The summed E-state index contributed by atoms with van der Waals surface area (Å²) >= 11 is 0. The van der Waals surface area contributed by atoms with E-state index in [-0.39, 0.29) is 0 Å². The van der Waals surface area contributed by atoms with Crippen molar-refractivity contribution in [2.75, 3.05) is 0 Å². The molecule has 1 N–H and O–H groups in total. The minimum atomic E-state index is 1.04. The van der Waals surface area contributed by atoms with Gasteiger partial charge in [0.2, 0.25) is 0 Å².